The van der Waals surface area contributed by atoms with Gasteiger partial charge in [0.1, 0.15) is 0 Å². The predicted molar refractivity (Wildman–Crippen MR) is 163 cm³/mol. The highest BCUT2D eigenvalue weighted by molar-refractivity contribution is 7.99. The van der Waals surface area contributed by atoms with Crippen molar-refractivity contribution >= 4 is 23.6 Å². The molecule has 0 unspecified atom stereocenters. The standard InChI is InChI=1S/C33H35N3O6S/c1-36-16-15-34-33(36)43-21-28-18-29(25-7-5-22(20-37)6-8-25)42-32(41-28)26-11-9-24(10-12-26)27-4-2-3-23(17-27)19-35-30(38)13-14-31(39)40/h2-12,15-17,28-29,32,37H,13-14,18-21H2,1H3,(H,35,38)(H,39,40)/t28-,29+,32+/m0/s1. The number of ether oxygens (including phenoxy) is 2. The molecule has 1 saturated heterocycles. The van der Waals surface area contributed by atoms with Crippen molar-refractivity contribution in [2.24, 2.45) is 7.05 Å². The molecule has 1 aliphatic rings. The minimum atomic E-state index is -0.990. The van der Waals surface area contributed by atoms with E-state index in [0.717, 1.165) is 44.3 Å². The molecule has 0 saturated carbocycles. The van der Waals surface area contributed by atoms with E-state index in [0.29, 0.717) is 13.0 Å². The van der Waals surface area contributed by atoms with Crippen LogP contribution in [0.15, 0.2) is 90.3 Å². The van der Waals surface area contributed by atoms with E-state index in [9.17, 15) is 14.7 Å². The summed E-state index contributed by atoms with van der Waals surface area (Å²) in [6.45, 7) is 0.323. The summed E-state index contributed by atoms with van der Waals surface area (Å²) in [5, 5.41) is 21.9. The molecule has 9 nitrogen and oxygen atoms in total. The number of carboxylic acids is 1. The summed E-state index contributed by atoms with van der Waals surface area (Å²) in [5.41, 5.74) is 5.74. The fraction of sp³-hybridized carbons (Fsp3) is 0.303. The minimum Gasteiger partial charge on any atom is -0.481 e. The highest BCUT2D eigenvalue weighted by Crippen LogP contribution is 2.39. The van der Waals surface area contributed by atoms with Gasteiger partial charge >= 0.3 is 5.97 Å². The summed E-state index contributed by atoms with van der Waals surface area (Å²) >= 11 is 1.66. The minimum absolute atomic E-state index is 0.00282. The Morgan fingerprint density at radius 3 is 2.44 bits per heavy atom. The van der Waals surface area contributed by atoms with E-state index in [4.69, 9.17) is 14.6 Å². The Hall–Kier alpha value is -3.96. The lowest BCUT2D eigenvalue weighted by atomic mass is 9.99. The van der Waals surface area contributed by atoms with Crippen molar-refractivity contribution in [1.29, 1.82) is 0 Å². The third kappa shape index (κ3) is 8.32. The number of nitrogens with zero attached hydrogens (tertiary/aromatic N) is 2. The summed E-state index contributed by atoms with van der Waals surface area (Å²) in [4.78, 5) is 27.1. The number of imidazole rings is 1. The van der Waals surface area contributed by atoms with Crippen molar-refractivity contribution in [3.63, 3.8) is 0 Å². The van der Waals surface area contributed by atoms with E-state index in [-0.39, 0.29) is 37.6 Å². The molecule has 4 aromatic rings. The third-order valence-corrected chi connectivity index (χ3v) is 8.48. The molecule has 5 rings (SSSR count). The second-order valence-electron chi connectivity index (χ2n) is 10.5. The smallest absolute Gasteiger partial charge is 0.303 e. The van der Waals surface area contributed by atoms with Crippen molar-refractivity contribution < 1.29 is 29.3 Å². The van der Waals surface area contributed by atoms with Gasteiger partial charge in [-0.25, -0.2) is 4.98 Å². The molecule has 0 aliphatic carbocycles. The number of rotatable bonds is 12. The number of aliphatic carboxylic acids is 1. The fourth-order valence-corrected chi connectivity index (χ4v) is 5.83. The number of carboxylic acid groups (broad SMARTS) is 1. The molecule has 1 fully saturated rings. The first kappa shape index (κ1) is 30.5. The third-order valence-electron chi connectivity index (χ3n) is 7.29. The number of aliphatic hydroxyl groups is 1. The molecule has 0 spiro atoms. The monoisotopic (exact) mass is 601 g/mol. The average Bonchev–Trinajstić information content (AvgIpc) is 3.46. The van der Waals surface area contributed by atoms with Gasteiger partial charge in [-0.15, -0.1) is 0 Å². The van der Waals surface area contributed by atoms with Gasteiger partial charge in [-0.2, -0.15) is 0 Å². The highest BCUT2D eigenvalue weighted by atomic mass is 32.2. The van der Waals surface area contributed by atoms with E-state index in [1.165, 1.54) is 0 Å². The second-order valence-corrected chi connectivity index (χ2v) is 11.5. The number of aromatic nitrogens is 2. The maximum atomic E-state index is 11.9. The first-order chi connectivity index (χ1) is 20.9. The number of carbonyl (C=O) groups excluding carboxylic acids is 1. The molecule has 0 radical (unpaired) electrons. The van der Waals surface area contributed by atoms with Crippen molar-refractivity contribution in [3.05, 3.63) is 107 Å². The summed E-state index contributed by atoms with van der Waals surface area (Å²) < 4.78 is 14.9. The Kier molecular flexibility index (Phi) is 10.3. The van der Waals surface area contributed by atoms with Crippen molar-refractivity contribution in [1.82, 2.24) is 14.9 Å². The lowest BCUT2D eigenvalue weighted by Crippen LogP contribution is -2.31. The van der Waals surface area contributed by atoms with Gasteiger partial charge in [0.25, 0.3) is 0 Å². The van der Waals surface area contributed by atoms with Crippen LogP contribution in [0.1, 0.15) is 53.9 Å². The summed E-state index contributed by atoms with van der Waals surface area (Å²) in [7, 11) is 1.98. The van der Waals surface area contributed by atoms with Crippen molar-refractivity contribution in [2.75, 3.05) is 5.75 Å². The first-order valence-electron chi connectivity index (χ1n) is 14.2. The number of carbonyl (C=O) groups is 2. The summed E-state index contributed by atoms with van der Waals surface area (Å²) in [6.07, 6.45) is 3.40. The van der Waals surface area contributed by atoms with Crippen LogP contribution in [0.3, 0.4) is 0 Å². The lowest BCUT2D eigenvalue weighted by Gasteiger charge is -2.36. The quantitative estimate of drug-likeness (QED) is 0.185. The Labute approximate surface area is 254 Å². The van der Waals surface area contributed by atoms with Gasteiger partial charge in [-0.05, 0) is 33.9 Å². The van der Waals surface area contributed by atoms with Crippen LogP contribution in [0.5, 0.6) is 0 Å². The molecule has 3 aromatic carbocycles. The normalized spacial score (nSPS) is 18.3. The fourth-order valence-electron chi connectivity index (χ4n) is 4.88. The van der Waals surface area contributed by atoms with Gasteiger partial charge in [0.2, 0.25) is 5.91 Å². The number of hydrogen-bond donors (Lipinski definition) is 3. The molecule has 43 heavy (non-hydrogen) atoms. The van der Waals surface area contributed by atoms with Gasteiger partial charge in [0.05, 0.1) is 25.2 Å². The molecular formula is C33H35N3O6S. The van der Waals surface area contributed by atoms with Crippen LogP contribution >= 0.6 is 11.8 Å². The van der Waals surface area contributed by atoms with Gasteiger partial charge in [0.15, 0.2) is 11.4 Å². The summed E-state index contributed by atoms with van der Waals surface area (Å²) in [5.74, 6) is -0.548. The molecule has 2 heterocycles. The molecule has 0 bridgehead atoms. The number of aryl methyl sites for hydroxylation is 1. The average molecular weight is 602 g/mol. The number of thioether (sulfide) groups is 1. The largest absolute Gasteiger partial charge is 0.481 e. The Morgan fingerprint density at radius 1 is 0.977 bits per heavy atom. The molecule has 1 amide bonds. The van der Waals surface area contributed by atoms with E-state index in [1.807, 2.05) is 90.6 Å². The Balaban J connectivity index is 1.28. The van der Waals surface area contributed by atoms with Crippen LogP contribution in [0.4, 0.5) is 0 Å². The zero-order chi connectivity index (χ0) is 30.2. The van der Waals surface area contributed by atoms with Crippen molar-refractivity contribution in [2.45, 2.75) is 56.1 Å². The van der Waals surface area contributed by atoms with Crippen LogP contribution < -0.4 is 5.32 Å². The lowest BCUT2D eigenvalue weighted by molar-refractivity contribution is -0.245. The number of benzene rings is 3. The van der Waals surface area contributed by atoms with E-state index in [1.54, 1.807) is 18.0 Å². The maximum absolute atomic E-state index is 11.9. The zero-order valence-corrected chi connectivity index (χ0v) is 24.7. The van der Waals surface area contributed by atoms with Crippen LogP contribution in [0.25, 0.3) is 11.1 Å². The number of nitrogens with one attached hydrogen (secondary N) is 1. The molecule has 1 aliphatic heterocycles. The van der Waals surface area contributed by atoms with E-state index in [2.05, 4.69) is 10.3 Å². The van der Waals surface area contributed by atoms with E-state index >= 15 is 0 Å². The SMILES string of the molecule is Cn1ccnc1SC[C@@H]1C[C@H](c2ccc(CO)cc2)O[C@H](c2ccc(-c3cccc(CNC(=O)CCC(=O)O)c3)cc2)O1. The molecular weight excluding hydrogens is 566 g/mol. The number of hydrogen-bond acceptors (Lipinski definition) is 7. The maximum Gasteiger partial charge on any atom is 0.303 e. The predicted octanol–water partition coefficient (Wildman–Crippen LogP) is 5.40. The topological polar surface area (TPSA) is 123 Å². The molecule has 10 heteroatoms. The van der Waals surface area contributed by atoms with Gasteiger partial charge < -0.3 is 29.6 Å². The summed E-state index contributed by atoms with van der Waals surface area (Å²) in [6, 6.07) is 23.8. The molecule has 1 aromatic heterocycles. The second kappa shape index (κ2) is 14.5. The van der Waals surface area contributed by atoms with Crippen LogP contribution in [0, 0.1) is 0 Å². The van der Waals surface area contributed by atoms with Crippen LogP contribution in [-0.4, -0.2) is 43.5 Å². The van der Waals surface area contributed by atoms with Crippen molar-refractivity contribution in [3.8, 4) is 11.1 Å². The van der Waals surface area contributed by atoms with E-state index < -0.39 is 12.3 Å². The highest BCUT2D eigenvalue weighted by Gasteiger charge is 2.32. The van der Waals surface area contributed by atoms with Gasteiger partial charge in [-0.1, -0.05) is 78.5 Å². The van der Waals surface area contributed by atoms with Gasteiger partial charge in [-0.3, -0.25) is 9.59 Å². The van der Waals surface area contributed by atoms with Crippen LogP contribution in [0.2, 0.25) is 0 Å². The first-order valence-corrected chi connectivity index (χ1v) is 15.1. The Morgan fingerprint density at radius 2 is 1.74 bits per heavy atom. The molecule has 224 valence electrons. The zero-order valence-electron chi connectivity index (χ0n) is 23.9. The Bertz CT molecular complexity index is 1520. The number of amides is 1. The number of aliphatic hydroxyl groups excluding tert-OH is 1. The van der Waals surface area contributed by atoms with Crippen LogP contribution in [-0.2, 0) is 39.3 Å². The molecule has 3 N–H and O–H groups in total. The molecule has 3 atom stereocenters. The van der Waals surface area contributed by atoms with Gasteiger partial charge in [0, 0.05) is 50.1 Å².